The van der Waals surface area contributed by atoms with Crippen LogP contribution in [0.1, 0.15) is 92.9 Å². The number of unbranched alkanes of at least 4 members (excludes halogenated alkanes) is 2. The molecule has 0 fully saturated rings. The van der Waals surface area contributed by atoms with E-state index < -0.39 is 0 Å². The van der Waals surface area contributed by atoms with Crippen LogP contribution in [-0.2, 0) is 0 Å². The summed E-state index contributed by atoms with van der Waals surface area (Å²) in [6.45, 7) is 14.2. The molecule has 0 aliphatic rings. The molecule has 0 spiro atoms. The fourth-order valence-corrected chi connectivity index (χ4v) is 3.06. The number of hydrogen-bond acceptors (Lipinski definition) is 0. The van der Waals surface area contributed by atoms with E-state index in [4.69, 9.17) is 0 Å². The Morgan fingerprint density at radius 2 is 1.35 bits per heavy atom. The number of hydrogen-bond donors (Lipinski definition) is 0. The first-order chi connectivity index (χ1) is 7.89. The smallest absolute Gasteiger partial charge is 0.0380 e. The van der Waals surface area contributed by atoms with E-state index in [1.807, 2.05) is 0 Å². The quantitative estimate of drug-likeness (QED) is 0.434. The molecule has 104 valence electrons. The lowest BCUT2D eigenvalue weighted by Gasteiger charge is -2.26. The normalized spacial score (nSPS) is 14.3. The van der Waals surface area contributed by atoms with Crippen LogP contribution in [0, 0.1) is 17.3 Å². The van der Waals surface area contributed by atoms with Crippen molar-refractivity contribution in [2.24, 2.45) is 17.3 Å². The zero-order chi connectivity index (χ0) is 13.3. The Balaban J connectivity index is 4.02. The van der Waals surface area contributed by atoms with E-state index >= 15 is 0 Å². The number of rotatable bonds is 9. The third-order valence-electron chi connectivity index (χ3n) is 3.63. The third-order valence-corrected chi connectivity index (χ3v) is 3.63. The lowest BCUT2D eigenvalue weighted by Crippen LogP contribution is -2.14. The van der Waals surface area contributed by atoms with E-state index in [9.17, 15) is 0 Å². The Labute approximate surface area is 111 Å². The average molecular weight is 240 g/mol. The van der Waals surface area contributed by atoms with Gasteiger partial charge in [0, 0.05) is 0 Å². The van der Waals surface area contributed by atoms with Crippen molar-refractivity contribution in [2.75, 3.05) is 0 Å². The van der Waals surface area contributed by atoms with Gasteiger partial charge in [-0.3, -0.25) is 0 Å². The molecular formula is C17H36. The average Bonchev–Trinajstić information content (AvgIpc) is 2.19. The monoisotopic (exact) mass is 240 g/mol. The molecule has 1 atom stereocenters. The van der Waals surface area contributed by atoms with Gasteiger partial charge in [-0.2, -0.15) is 0 Å². The first-order valence-corrected chi connectivity index (χ1v) is 7.89. The van der Waals surface area contributed by atoms with Gasteiger partial charge >= 0.3 is 0 Å². The van der Waals surface area contributed by atoms with Gasteiger partial charge in [-0.05, 0) is 30.1 Å². The van der Waals surface area contributed by atoms with Gasteiger partial charge in [0.1, 0.15) is 0 Å². The standard InChI is InChI=1S/C17H36/c1-7-9-11-16(12-10-8-2)13-15(3)14-17(4,5)6/h15-16H,7-14H2,1-6H3. The summed E-state index contributed by atoms with van der Waals surface area (Å²) in [4.78, 5) is 0. The first-order valence-electron chi connectivity index (χ1n) is 7.89. The third kappa shape index (κ3) is 10.9. The van der Waals surface area contributed by atoms with Crippen LogP contribution < -0.4 is 0 Å². The van der Waals surface area contributed by atoms with Gasteiger partial charge in [0.2, 0.25) is 0 Å². The Morgan fingerprint density at radius 1 is 0.882 bits per heavy atom. The second-order valence-corrected chi connectivity index (χ2v) is 7.26. The highest BCUT2D eigenvalue weighted by atomic mass is 14.2. The molecule has 0 radical (unpaired) electrons. The molecule has 0 saturated heterocycles. The van der Waals surface area contributed by atoms with Gasteiger partial charge in [-0.15, -0.1) is 0 Å². The lowest BCUT2D eigenvalue weighted by atomic mass is 9.79. The highest BCUT2D eigenvalue weighted by Crippen LogP contribution is 2.31. The maximum Gasteiger partial charge on any atom is -0.0380 e. The van der Waals surface area contributed by atoms with Crippen molar-refractivity contribution in [1.29, 1.82) is 0 Å². The van der Waals surface area contributed by atoms with Gasteiger partial charge in [-0.1, -0.05) is 80.1 Å². The summed E-state index contributed by atoms with van der Waals surface area (Å²) < 4.78 is 0. The first kappa shape index (κ1) is 17.0. The molecule has 0 nitrogen and oxygen atoms in total. The molecule has 0 saturated carbocycles. The second kappa shape index (κ2) is 9.00. The van der Waals surface area contributed by atoms with E-state index in [1.54, 1.807) is 0 Å². The van der Waals surface area contributed by atoms with Crippen LogP contribution in [0.5, 0.6) is 0 Å². The summed E-state index contributed by atoms with van der Waals surface area (Å²) in [6, 6.07) is 0. The Hall–Kier alpha value is 0. The largest absolute Gasteiger partial charge is 0.0654 e. The second-order valence-electron chi connectivity index (χ2n) is 7.26. The van der Waals surface area contributed by atoms with Crippen LogP contribution in [0.4, 0.5) is 0 Å². The molecule has 0 aliphatic heterocycles. The van der Waals surface area contributed by atoms with Gasteiger partial charge in [0.05, 0.1) is 0 Å². The highest BCUT2D eigenvalue weighted by molar-refractivity contribution is 4.70. The zero-order valence-corrected chi connectivity index (χ0v) is 13.3. The summed E-state index contributed by atoms with van der Waals surface area (Å²) in [5.74, 6) is 1.89. The zero-order valence-electron chi connectivity index (χ0n) is 13.3. The minimum atomic E-state index is 0.499. The van der Waals surface area contributed by atoms with Gasteiger partial charge in [0.15, 0.2) is 0 Å². The van der Waals surface area contributed by atoms with E-state index in [2.05, 4.69) is 41.5 Å². The van der Waals surface area contributed by atoms with E-state index in [-0.39, 0.29) is 0 Å². The lowest BCUT2D eigenvalue weighted by molar-refractivity contribution is 0.252. The molecule has 0 aromatic rings. The Bertz CT molecular complexity index is 155. The van der Waals surface area contributed by atoms with Gasteiger partial charge < -0.3 is 0 Å². The molecule has 0 N–H and O–H groups in total. The van der Waals surface area contributed by atoms with Crippen LogP contribution in [0.3, 0.4) is 0 Å². The molecule has 0 heterocycles. The van der Waals surface area contributed by atoms with Crippen molar-refractivity contribution >= 4 is 0 Å². The van der Waals surface area contributed by atoms with E-state index in [0.29, 0.717) is 5.41 Å². The Morgan fingerprint density at radius 3 is 1.71 bits per heavy atom. The minimum absolute atomic E-state index is 0.499. The summed E-state index contributed by atoms with van der Waals surface area (Å²) in [6.07, 6.45) is 11.3. The van der Waals surface area contributed by atoms with Crippen LogP contribution in [0.2, 0.25) is 0 Å². The van der Waals surface area contributed by atoms with Crippen LogP contribution in [0.15, 0.2) is 0 Å². The molecule has 0 rings (SSSR count). The van der Waals surface area contributed by atoms with Gasteiger partial charge in [0.25, 0.3) is 0 Å². The summed E-state index contributed by atoms with van der Waals surface area (Å²) in [5, 5.41) is 0. The van der Waals surface area contributed by atoms with Crippen molar-refractivity contribution in [2.45, 2.75) is 92.9 Å². The molecule has 0 aromatic heterocycles. The van der Waals surface area contributed by atoms with Crippen molar-refractivity contribution in [3.8, 4) is 0 Å². The topological polar surface area (TPSA) is 0 Å². The molecule has 0 aliphatic carbocycles. The molecule has 0 bridgehead atoms. The SMILES string of the molecule is CCCCC(CCCC)CC(C)CC(C)(C)C. The molecule has 17 heavy (non-hydrogen) atoms. The predicted octanol–water partition coefficient (Wildman–Crippen LogP) is 6.45. The molecule has 0 heteroatoms. The van der Waals surface area contributed by atoms with Crippen molar-refractivity contribution in [3.63, 3.8) is 0 Å². The van der Waals surface area contributed by atoms with Crippen LogP contribution >= 0.6 is 0 Å². The molecular weight excluding hydrogens is 204 g/mol. The fraction of sp³-hybridized carbons (Fsp3) is 1.00. The Kier molecular flexibility index (Phi) is 9.00. The maximum absolute atomic E-state index is 2.45. The highest BCUT2D eigenvalue weighted by Gasteiger charge is 2.18. The predicted molar refractivity (Wildman–Crippen MR) is 80.4 cm³/mol. The summed E-state index contributed by atoms with van der Waals surface area (Å²) in [5.41, 5.74) is 0.499. The van der Waals surface area contributed by atoms with E-state index in [0.717, 1.165) is 11.8 Å². The summed E-state index contributed by atoms with van der Waals surface area (Å²) >= 11 is 0. The van der Waals surface area contributed by atoms with Crippen molar-refractivity contribution < 1.29 is 0 Å². The van der Waals surface area contributed by atoms with Crippen LogP contribution in [-0.4, -0.2) is 0 Å². The molecule has 0 aromatic carbocycles. The fourth-order valence-electron chi connectivity index (χ4n) is 3.06. The molecule has 0 amide bonds. The van der Waals surface area contributed by atoms with Gasteiger partial charge in [-0.25, -0.2) is 0 Å². The maximum atomic E-state index is 2.45. The van der Waals surface area contributed by atoms with Crippen molar-refractivity contribution in [3.05, 3.63) is 0 Å². The molecule has 1 unspecified atom stereocenters. The van der Waals surface area contributed by atoms with Crippen LogP contribution in [0.25, 0.3) is 0 Å². The van der Waals surface area contributed by atoms with E-state index in [1.165, 1.54) is 51.4 Å². The summed E-state index contributed by atoms with van der Waals surface area (Å²) in [7, 11) is 0. The minimum Gasteiger partial charge on any atom is -0.0654 e. The van der Waals surface area contributed by atoms with Crippen molar-refractivity contribution in [1.82, 2.24) is 0 Å².